The van der Waals surface area contributed by atoms with Crippen molar-refractivity contribution in [1.29, 1.82) is 0 Å². The number of anilines is 2. The Labute approximate surface area is 133 Å². The lowest BCUT2D eigenvalue weighted by atomic mass is 9.79. The van der Waals surface area contributed by atoms with Crippen molar-refractivity contribution in [2.75, 3.05) is 11.5 Å². The normalized spacial score (nSPS) is 21.7. The Hall–Kier alpha value is -1.96. The Morgan fingerprint density at radius 1 is 0.818 bits per heavy atom. The first-order valence-electron chi connectivity index (χ1n) is 8.34. The zero-order chi connectivity index (χ0) is 15.5. The van der Waals surface area contributed by atoms with E-state index in [1.165, 1.54) is 42.4 Å². The van der Waals surface area contributed by atoms with E-state index in [1.54, 1.807) is 6.07 Å². The topological polar surface area (TPSA) is 52.0 Å². The Kier molecular flexibility index (Phi) is 4.37. The first-order valence-corrected chi connectivity index (χ1v) is 8.34. The third-order valence-corrected chi connectivity index (χ3v) is 4.91. The molecule has 0 heterocycles. The van der Waals surface area contributed by atoms with Gasteiger partial charge in [0.2, 0.25) is 0 Å². The van der Waals surface area contributed by atoms with E-state index in [9.17, 15) is 0 Å². The van der Waals surface area contributed by atoms with Gasteiger partial charge in [0, 0.05) is 11.4 Å². The second-order valence-electron chi connectivity index (χ2n) is 6.88. The van der Waals surface area contributed by atoms with E-state index in [4.69, 9.17) is 11.5 Å². The van der Waals surface area contributed by atoms with Crippen LogP contribution < -0.4 is 11.5 Å². The number of benzene rings is 2. The molecule has 0 aromatic heterocycles. The van der Waals surface area contributed by atoms with Gasteiger partial charge in [-0.2, -0.15) is 0 Å². The third kappa shape index (κ3) is 3.62. The minimum absolute atomic E-state index is 0.739. The molecule has 116 valence electrons. The van der Waals surface area contributed by atoms with Gasteiger partial charge >= 0.3 is 0 Å². The lowest BCUT2D eigenvalue weighted by Crippen LogP contribution is -2.10. The summed E-state index contributed by atoms with van der Waals surface area (Å²) in [5.41, 5.74) is 17.2. The largest absolute Gasteiger partial charge is 0.399 e. The maximum absolute atomic E-state index is 5.87. The van der Waals surface area contributed by atoms with E-state index in [1.807, 2.05) is 12.1 Å². The summed E-state index contributed by atoms with van der Waals surface area (Å²) in [5.74, 6) is 1.66. The average Bonchev–Trinajstić information content (AvgIpc) is 2.48. The molecule has 0 radical (unpaired) electrons. The van der Waals surface area contributed by atoms with Crippen molar-refractivity contribution in [2.45, 2.75) is 44.9 Å². The monoisotopic (exact) mass is 294 g/mol. The highest BCUT2D eigenvalue weighted by molar-refractivity contribution is 5.55. The van der Waals surface area contributed by atoms with Gasteiger partial charge in [-0.25, -0.2) is 0 Å². The van der Waals surface area contributed by atoms with Crippen molar-refractivity contribution in [3.05, 3.63) is 59.2 Å². The van der Waals surface area contributed by atoms with Crippen LogP contribution >= 0.6 is 0 Å². The molecule has 2 aromatic rings. The predicted octanol–water partition coefficient (Wildman–Crippen LogP) is 4.74. The summed E-state index contributed by atoms with van der Waals surface area (Å²) in [5, 5.41) is 0. The first kappa shape index (κ1) is 15.0. The van der Waals surface area contributed by atoms with Gasteiger partial charge in [-0.15, -0.1) is 0 Å². The number of hydrogen-bond donors (Lipinski definition) is 2. The van der Waals surface area contributed by atoms with E-state index < -0.39 is 0 Å². The molecule has 0 amide bonds. The zero-order valence-electron chi connectivity index (χ0n) is 13.4. The first-order chi connectivity index (χ1) is 10.6. The van der Waals surface area contributed by atoms with E-state index in [-0.39, 0.29) is 0 Å². The van der Waals surface area contributed by atoms with Gasteiger partial charge in [0.1, 0.15) is 0 Å². The fourth-order valence-corrected chi connectivity index (χ4v) is 3.58. The molecule has 2 aromatic carbocycles. The Morgan fingerprint density at radius 3 is 2.00 bits per heavy atom. The molecular weight excluding hydrogens is 268 g/mol. The molecule has 1 fully saturated rings. The van der Waals surface area contributed by atoms with Crippen LogP contribution in [0, 0.1) is 5.92 Å². The van der Waals surface area contributed by atoms with Crippen molar-refractivity contribution in [3.63, 3.8) is 0 Å². The van der Waals surface area contributed by atoms with Crippen LogP contribution in [0.5, 0.6) is 0 Å². The van der Waals surface area contributed by atoms with Crippen LogP contribution in [0.15, 0.2) is 42.5 Å². The van der Waals surface area contributed by atoms with Crippen LogP contribution in [0.4, 0.5) is 11.4 Å². The van der Waals surface area contributed by atoms with E-state index >= 15 is 0 Å². The molecule has 3 rings (SSSR count). The maximum atomic E-state index is 5.87. The Balaban J connectivity index is 1.69. The quantitative estimate of drug-likeness (QED) is 0.804. The molecule has 1 saturated carbocycles. The highest BCUT2D eigenvalue weighted by atomic mass is 14.6. The van der Waals surface area contributed by atoms with Gasteiger partial charge in [0.05, 0.1) is 0 Å². The minimum atomic E-state index is 0.739. The second-order valence-corrected chi connectivity index (χ2v) is 6.88. The summed E-state index contributed by atoms with van der Waals surface area (Å²) in [6, 6.07) is 15.0. The average molecular weight is 294 g/mol. The lowest BCUT2D eigenvalue weighted by Gasteiger charge is -2.26. The molecule has 0 unspecified atom stereocenters. The molecule has 22 heavy (non-hydrogen) atoms. The third-order valence-electron chi connectivity index (χ3n) is 4.91. The number of hydrogen-bond acceptors (Lipinski definition) is 2. The summed E-state index contributed by atoms with van der Waals surface area (Å²) in [4.78, 5) is 0. The fraction of sp³-hybridized carbons (Fsp3) is 0.400. The van der Waals surface area contributed by atoms with Crippen molar-refractivity contribution in [2.24, 2.45) is 5.92 Å². The number of nitrogen functional groups attached to an aromatic ring is 2. The Morgan fingerprint density at radius 2 is 1.41 bits per heavy atom. The lowest BCUT2D eigenvalue weighted by molar-refractivity contribution is 0.348. The van der Waals surface area contributed by atoms with Crippen molar-refractivity contribution in [3.8, 4) is 0 Å². The molecule has 1 aliphatic rings. The smallest absolute Gasteiger partial charge is 0.0337 e. The summed E-state index contributed by atoms with van der Waals surface area (Å²) in [6.07, 6.45) is 6.31. The predicted molar refractivity (Wildman–Crippen MR) is 94.9 cm³/mol. The van der Waals surface area contributed by atoms with E-state index in [0.29, 0.717) is 0 Å². The Bertz CT molecular complexity index is 602. The van der Waals surface area contributed by atoms with E-state index in [0.717, 1.165) is 29.6 Å². The molecule has 2 heteroatoms. The molecule has 0 bridgehead atoms. The highest BCUT2D eigenvalue weighted by Gasteiger charge is 2.19. The summed E-state index contributed by atoms with van der Waals surface area (Å²) in [7, 11) is 0. The van der Waals surface area contributed by atoms with Crippen molar-refractivity contribution in [1.82, 2.24) is 0 Å². The van der Waals surface area contributed by atoms with Gasteiger partial charge in [0.25, 0.3) is 0 Å². The van der Waals surface area contributed by atoms with Gasteiger partial charge in [-0.1, -0.05) is 44.0 Å². The maximum Gasteiger partial charge on any atom is 0.0337 e. The summed E-state index contributed by atoms with van der Waals surface area (Å²) in [6.45, 7) is 2.37. The standard InChI is InChI=1S/C20H26N2/c1-14-2-6-17(7-3-14)18-8-4-15(5-9-18)10-16-11-19(21)13-20(22)12-16/h4-5,8-9,11-14,17H,2-3,6-7,10,21-22H2,1H3. The van der Waals surface area contributed by atoms with Crippen LogP contribution in [0.2, 0.25) is 0 Å². The highest BCUT2D eigenvalue weighted by Crippen LogP contribution is 2.35. The molecule has 1 aliphatic carbocycles. The van der Waals surface area contributed by atoms with Crippen LogP contribution in [-0.4, -0.2) is 0 Å². The minimum Gasteiger partial charge on any atom is -0.399 e. The molecule has 2 nitrogen and oxygen atoms in total. The number of rotatable bonds is 3. The van der Waals surface area contributed by atoms with Crippen molar-refractivity contribution < 1.29 is 0 Å². The number of nitrogens with two attached hydrogens (primary N) is 2. The van der Waals surface area contributed by atoms with Gasteiger partial charge in [0.15, 0.2) is 0 Å². The summed E-state index contributed by atoms with van der Waals surface area (Å²) < 4.78 is 0. The van der Waals surface area contributed by atoms with Crippen LogP contribution in [-0.2, 0) is 6.42 Å². The molecule has 4 N–H and O–H groups in total. The fourth-order valence-electron chi connectivity index (χ4n) is 3.58. The molecular formula is C20H26N2. The molecule has 0 aliphatic heterocycles. The van der Waals surface area contributed by atoms with Gasteiger partial charge < -0.3 is 11.5 Å². The van der Waals surface area contributed by atoms with Gasteiger partial charge in [-0.05, 0) is 66.0 Å². The van der Waals surface area contributed by atoms with Crippen LogP contribution in [0.25, 0.3) is 0 Å². The molecule has 0 atom stereocenters. The summed E-state index contributed by atoms with van der Waals surface area (Å²) >= 11 is 0. The SMILES string of the molecule is CC1CCC(c2ccc(Cc3cc(N)cc(N)c3)cc2)CC1. The molecule has 0 saturated heterocycles. The van der Waals surface area contributed by atoms with Gasteiger partial charge in [-0.3, -0.25) is 0 Å². The van der Waals surface area contributed by atoms with E-state index in [2.05, 4.69) is 31.2 Å². The second kappa shape index (κ2) is 6.43. The van der Waals surface area contributed by atoms with Crippen LogP contribution in [0.3, 0.4) is 0 Å². The van der Waals surface area contributed by atoms with Crippen molar-refractivity contribution >= 4 is 11.4 Å². The zero-order valence-corrected chi connectivity index (χ0v) is 13.4. The van der Waals surface area contributed by atoms with Crippen LogP contribution in [0.1, 0.15) is 55.2 Å². The molecule has 0 spiro atoms.